The van der Waals surface area contributed by atoms with Crippen LogP contribution >= 0.6 is 11.3 Å². The van der Waals surface area contributed by atoms with Gasteiger partial charge in [0.2, 0.25) is 0 Å². The summed E-state index contributed by atoms with van der Waals surface area (Å²) in [5, 5.41) is 15.2. The quantitative estimate of drug-likeness (QED) is 0.853. The van der Waals surface area contributed by atoms with E-state index in [1.165, 1.54) is 11.3 Å². The maximum absolute atomic E-state index is 12.2. The van der Waals surface area contributed by atoms with Gasteiger partial charge >= 0.3 is 0 Å². The molecule has 2 N–H and O–H groups in total. The number of anilines is 1. The molecule has 108 valence electrons. The van der Waals surface area contributed by atoms with Crippen molar-refractivity contribution >= 4 is 28.7 Å². The number of rotatable bonds is 4. The summed E-state index contributed by atoms with van der Waals surface area (Å²) in [5.41, 5.74) is 0.324. The maximum atomic E-state index is 12.2. The molecule has 1 aromatic heterocycles. The predicted molar refractivity (Wildman–Crippen MR) is 81.6 cm³/mol. The fourth-order valence-corrected chi connectivity index (χ4v) is 3.21. The Balaban J connectivity index is 1.97. The van der Waals surface area contributed by atoms with Gasteiger partial charge in [-0.05, 0) is 29.5 Å². The Morgan fingerprint density at radius 3 is 2.86 bits per heavy atom. The highest BCUT2D eigenvalue weighted by atomic mass is 32.1. The first-order valence-corrected chi connectivity index (χ1v) is 7.66. The number of nitrogens with one attached hydrogen (secondary N) is 1. The highest BCUT2D eigenvalue weighted by Gasteiger charge is 2.46. The zero-order valence-corrected chi connectivity index (χ0v) is 12.4. The molecule has 0 saturated heterocycles. The van der Waals surface area contributed by atoms with Crippen molar-refractivity contribution in [2.75, 3.05) is 5.32 Å². The third-order valence-electron chi connectivity index (χ3n) is 3.77. The average Bonchev–Trinajstić information content (AvgIpc) is 3.08. The van der Waals surface area contributed by atoms with Crippen LogP contribution in [-0.4, -0.2) is 16.8 Å². The molecule has 1 aliphatic rings. The van der Waals surface area contributed by atoms with E-state index < -0.39 is 11.5 Å². The van der Waals surface area contributed by atoms with Gasteiger partial charge in [-0.25, -0.2) is 0 Å². The Labute approximate surface area is 126 Å². The van der Waals surface area contributed by atoms with Crippen LogP contribution in [0.1, 0.15) is 34.1 Å². The minimum absolute atomic E-state index is 0.225. The van der Waals surface area contributed by atoms with Crippen molar-refractivity contribution in [3.63, 3.8) is 0 Å². The summed E-state index contributed by atoms with van der Waals surface area (Å²) in [6.45, 7) is 2.00. The minimum Gasteiger partial charge on any atom is -0.375 e. The van der Waals surface area contributed by atoms with Gasteiger partial charge in [0.15, 0.2) is 11.4 Å². The summed E-state index contributed by atoms with van der Waals surface area (Å²) in [7, 11) is 0. The first-order chi connectivity index (χ1) is 10.0. The van der Waals surface area contributed by atoms with E-state index in [1.54, 1.807) is 29.6 Å². The SMILES string of the molecule is CCc1ccc2c(c1)[C@@](O)(CC(=O)c1cccs1)C(=O)N2. The van der Waals surface area contributed by atoms with Crippen molar-refractivity contribution in [1.82, 2.24) is 0 Å². The van der Waals surface area contributed by atoms with E-state index in [1.807, 2.05) is 13.0 Å². The molecule has 0 unspecified atom stereocenters. The largest absolute Gasteiger partial charge is 0.375 e. The molecule has 0 spiro atoms. The van der Waals surface area contributed by atoms with Crippen LogP contribution in [-0.2, 0) is 16.8 Å². The third-order valence-corrected chi connectivity index (χ3v) is 4.68. The van der Waals surface area contributed by atoms with Gasteiger partial charge in [0.25, 0.3) is 5.91 Å². The van der Waals surface area contributed by atoms with Crippen LogP contribution in [0.3, 0.4) is 0 Å². The number of hydrogen-bond acceptors (Lipinski definition) is 4. The van der Waals surface area contributed by atoms with E-state index in [0.29, 0.717) is 16.1 Å². The highest BCUT2D eigenvalue weighted by Crippen LogP contribution is 2.39. The summed E-state index contributed by atoms with van der Waals surface area (Å²) in [5.74, 6) is -0.756. The molecule has 2 heterocycles. The van der Waals surface area contributed by atoms with E-state index in [9.17, 15) is 14.7 Å². The molecule has 0 radical (unpaired) electrons. The zero-order valence-electron chi connectivity index (χ0n) is 11.6. The van der Waals surface area contributed by atoms with Gasteiger partial charge in [-0.15, -0.1) is 11.3 Å². The lowest BCUT2D eigenvalue weighted by atomic mass is 9.88. The fourth-order valence-electron chi connectivity index (χ4n) is 2.54. The monoisotopic (exact) mass is 301 g/mol. The summed E-state index contributed by atoms with van der Waals surface area (Å²) in [4.78, 5) is 24.9. The molecule has 21 heavy (non-hydrogen) atoms. The third kappa shape index (κ3) is 2.28. The van der Waals surface area contributed by atoms with Crippen LogP contribution in [0, 0.1) is 0 Å². The lowest BCUT2D eigenvalue weighted by Crippen LogP contribution is -2.36. The molecule has 1 aliphatic heterocycles. The zero-order chi connectivity index (χ0) is 15.0. The minimum atomic E-state index is -1.78. The number of aliphatic hydroxyl groups is 1. The Morgan fingerprint density at radius 2 is 2.19 bits per heavy atom. The number of fused-ring (bicyclic) bond motifs is 1. The number of aryl methyl sites for hydroxylation is 1. The van der Waals surface area contributed by atoms with E-state index >= 15 is 0 Å². The Morgan fingerprint density at radius 1 is 1.38 bits per heavy atom. The molecule has 0 fully saturated rings. The molecule has 5 heteroatoms. The summed E-state index contributed by atoms with van der Waals surface area (Å²) >= 11 is 1.31. The Hall–Kier alpha value is -1.98. The Bertz CT molecular complexity index is 708. The molecule has 0 aliphatic carbocycles. The smallest absolute Gasteiger partial charge is 0.261 e. The number of amides is 1. The number of carbonyl (C=O) groups is 2. The number of benzene rings is 1. The molecule has 0 saturated carbocycles. The topological polar surface area (TPSA) is 66.4 Å². The average molecular weight is 301 g/mol. The van der Waals surface area contributed by atoms with Gasteiger partial charge in [0.1, 0.15) is 0 Å². The number of hydrogen-bond donors (Lipinski definition) is 2. The van der Waals surface area contributed by atoms with Crippen molar-refractivity contribution in [2.24, 2.45) is 0 Å². The fraction of sp³-hybridized carbons (Fsp3) is 0.250. The molecular weight excluding hydrogens is 286 g/mol. The van der Waals surface area contributed by atoms with Crippen LogP contribution in [0.25, 0.3) is 0 Å². The van der Waals surface area contributed by atoms with E-state index in [4.69, 9.17) is 0 Å². The van der Waals surface area contributed by atoms with Crippen molar-refractivity contribution in [3.05, 3.63) is 51.7 Å². The highest BCUT2D eigenvalue weighted by molar-refractivity contribution is 7.12. The maximum Gasteiger partial charge on any atom is 0.261 e. The molecule has 2 aromatic rings. The van der Waals surface area contributed by atoms with Gasteiger partial charge in [0, 0.05) is 11.3 Å². The van der Waals surface area contributed by atoms with Gasteiger partial charge < -0.3 is 10.4 Å². The number of Topliss-reactive ketones (excluding diaryl/α,β-unsaturated/α-hetero) is 1. The van der Waals surface area contributed by atoms with Crippen LogP contribution < -0.4 is 5.32 Å². The number of carbonyl (C=O) groups excluding carboxylic acids is 2. The lowest BCUT2D eigenvalue weighted by Gasteiger charge is -2.20. The van der Waals surface area contributed by atoms with Crippen LogP contribution in [0.2, 0.25) is 0 Å². The second-order valence-electron chi connectivity index (χ2n) is 5.13. The summed E-state index contributed by atoms with van der Waals surface area (Å²) < 4.78 is 0. The number of ketones is 1. The van der Waals surface area contributed by atoms with Crippen LogP contribution in [0.4, 0.5) is 5.69 Å². The van der Waals surface area contributed by atoms with Gasteiger partial charge in [-0.1, -0.05) is 25.1 Å². The van der Waals surface area contributed by atoms with Crippen molar-refractivity contribution in [3.8, 4) is 0 Å². The molecular formula is C16H15NO3S. The Kier molecular flexibility index (Phi) is 3.39. The van der Waals surface area contributed by atoms with Gasteiger partial charge in [-0.3, -0.25) is 9.59 Å². The number of thiophene rings is 1. The lowest BCUT2D eigenvalue weighted by molar-refractivity contribution is -0.133. The first kappa shape index (κ1) is 14.0. The van der Waals surface area contributed by atoms with Crippen molar-refractivity contribution < 1.29 is 14.7 Å². The van der Waals surface area contributed by atoms with Gasteiger partial charge in [0.05, 0.1) is 11.3 Å². The molecule has 3 rings (SSSR count). The molecule has 4 nitrogen and oxygen atoms in total. The predicted octanol–water partition coefficient (Wildman–Crippen LogP) is 2.72. The molecule has 0 bridgehead atoms. The van der Waals surface area contributed by atoms with Crippen LogP contribution in [0.15, 0.2) is 35.7 Å². The first-order valence-electron chi connectivity index (χ1n) is 6.78. The standard InChI is InChI=1S/C16H15NO3S/c1-2-10-5-6-12-11(8-10)16(20,15(19)17-12)9-13(18)14-4-3-7-21-14/h3-8,20H,2,9H2,1H3,(H,17,19)/t16-/m0/s1. The molecule has 1 aromatic carbocycles. The van der Waals surface area contributed by atoms with E-state index in [2.05, 4.69) is 5.32 Å². The molecule has 1 amide bonds. The normalized spacial score (nSPS) is 20.2. The molecule has 1 atom stereocenters. The second-order valence-corrected chi connectivity index (χ2v) is 6.07. The van der Waals surface area contributed by atoms with Crippen molar-refractivity contribution in [2.45, 2.75) is 25.4 Å². The van der Waals surface area contributed by atoms with Crippen molar-refractivity contribution in [1.29, 1.82) is 0 Å². The van der Waals surface area contributed by atoms with E-state index in [-0.39, 0.29) is 12.2 Å². The summed E-state index contributed by atoms with van der Waals surface area (Å²) in [6, 6.07) is 8.97. The van der Waals surface area contributed by atoms with Gasteiger partial charge in [-0.2, -0.15) is 0 Å². The van der Waals surface area contributed by atoms with Crippen LogP contribution in [0.5, 0.6) is 0 Å². The van der Waals surface area contributed by atoms with E-state index in [0.717, 1.165) is 12.0 Å². The second kappa shape index (κ2) is 5.09. The summed E-state index contributed by atoms with van der Waals surface area (Å²) in [6.07, 6.45) is 0.565.